The minimum Gasteiger partial charge on any atom is -0.340 e. The highest BCUT2D eigenvalue weighted by Crippen LogP contribution is 2.18. The van der Waals surface area contributed by atoms with E-state index in [1.54, 1.807) is 20.0 Å². The number of hydrogen-bond acceptors (Lipinski definition) is 2. The van der Waals surface area contributed by atoms with E-state index >= 15 is 0 Å². The summed E-state index contributed by atoms with van der Waals surface area (Å²) in [5.41, 5.74) is 6.16. The van der Waals surface area contributed by atoms with Gasteiger partial charge in [-0.25, -0.2) is 4.39 Å². The minimum absolute atomic E-state index is 0.180. The fourth-order valence-electron chi connectivity index (χ4n) is 1.33. The molecule has 0 spiro atoms. The van der Waals surface area contributed by atoms with Crippen LogP contribution >= 0.6 is 11.6 Å². The monoisotopic (exact) mass is 244 g/mol. The number of hydrogen-bond donors (Lipinski definition) is 1. The molecule has 0 saturated carbocycles. The fraction of sp³-hybridized carbons (Fsp3) is 0.364. The summed E-state index contributed by atoms with van der Waals surface area (Å²) in [6, 6.07) is 3.54. The summed E-state index contributed by atoms with van der Waals surface area (Å²) in [5, 5.41) is 0.310. The maximum Gasteiger partial charge on any atom is 0.239 e. The molecule has 1 aromatic carbocycles. The lowest BCUT2D eigenvalue weighted by Crippen LogP contribution is -2.39. The van der Waals surface area contributed by atoms with Crippen molar-refractivity contribution in [1.82, 2.24) is 4.90 Å². The van der Waals surface area contributed by atoms with E-state index in [4.69, 9.17) is 17.3 Å². The summed E-state index contributed by atoms with van der Waals surface area (Å²) < 4.78 is 12.8. The third-order valence-corrected chi connectivity index (χ3v) is 2.54. The lowest BCUT2D eigenvalue weighted by atomic mass is 10.2. The van der Waals surface area contributed by atoms with Crippen LogP contribution in [0.3, 0.4) is 0 Å². The van der Waals surface area contributed by atoms with Crippen molar-refractivity contribution >= 4 is 17.5 Å². The van der Waals surface area contributed by atoms with Crippen molar-refractivity contribution in [2.24, 2.45) is 5.73 Å². The summed E-state index contributed by atoms with van der Waals surface area (Å²) in [4.78, 5) is 13.0. The van der Waals surface area contributed by atoms with Crippen molar-refractivity contribution < 1.29 is 9.18 Å². The van der Waals surface area contributed by atoms with E-state index < -0.39 is 11.9 Å². The molecule has 0 saturated heterocycles. The first-order valence-corrected chi connectivity index (χ1v) is 5.24. The van der Waals surface area contributed by atoms with Crippen LogP contribution in [0.2, 0.25) is 5.02 Å². The number of carbonyl (C=O) groups excluding carboxylic acids is 1. The number of rotatable bonds is 3. The number of amides is 1. The first-order valence-electron chi connectivity index (χ1n) is 4.86. The lowest BCUT2D eigenvalue weighted by molar-refractivity contribution is -0.131. The zero-order valence-corrected chi connectivity index (χ0v) is 9.96. The van der Waals surface area contributed by atoms with Gasteiger partial charge >= 0.3 is 0 Å². The number of carbonyl (C=O) groups is 1. The van der Waals surface area contributed by atoms with E-state index in [9.17, 15) is 9.18 Å². The molecule has 0 unspecified atom stereocenters. The Morgan fingerprint density at radius 1 is 1.62 bits per heavy atom. The molecule has 1 aromatic rings. The maximum absolute atomic E-state index is 12.8. The standard InChI is InChI=1S/C11H14ClFN2O/c1-7(14)11(16)15(2)6-8-3-4-9(13)5-10(8)12/h3-5,7H,6,14H2,1-2H3/t7-/m1/s1. The van der Waals surface area contributed by atoms with Crippen LogP contribution in [0.1, 0.15) is 12.5 Å². The van der Waals surface area contributed by atoms with Gasteiger partial charge in [0, 0.05) is 18.6 Å². The number of likely N-dealkylation sites (N-methyl/N-ethyl adjacent to an activating group) is 1. The van der Waals surface area contributed by atoms with E-state index in [0.29, 0.717) is 17.1 Å². The van der Waals surface area contributed by atoms with Crippen LogP contribution in [-0.4, -0.2) is 23.9 Å². The Labute approximate surface area is 99.0 Å². The molecule has 0 heterocycles. The van der Waals surface area contributed by atoms with E-state index in [-0.39, 0.29) is 5.91 Å². The minimum atomic E-state index is -0.552. The van der Waals surface area contributed by atoms with Crippen molar-refractivity contribution in [2.75, 3.05) is 7.05 Å². The predicted molar refractivity (Wildman–Crippen MR) is 61.5 cm³/mol. The third-order valence-electron chi connectivity index (χ3n) is 2.19. The molecular formula is C11H14ClFN2O. The van der Waals surface area contributed by atoms with Gasteiger partial charge in [0.15, 0.2) is 0 Å². The van der Waals surface area contributed by atoms with Crippen molar-refractivity contribution in [2.45, 2.75) is 19.5 Å². The molecule has 0 bridgehead atoms. The maximum atomic E-state index is 12.8. The molecule has 0 aliphatic carbocycles. The van der Waals surface area contributed by atoms with Crippen LogP contribution in [-0.2, 0) is 11.3 Å². The summed E-state index contributed by atoms with van der Waals surface area (Å²) >= 11 is 5.85. The summed E-state index contributed by atoms with van der Waals surface area (Å²) in [5.74, 6) is -0.574. The van der Waals surface area contributed by atoms with Crippen LogP contribution in [0.4, 0.5) is 4.39 Å². The highest BCUT2D eigenvalue weighted by atomic mass is 35.5. The summed E-state index contributed by atoms with van der Waals surface area (Å²) in [6.07, 6.45) is 0. The Hall–Kier alpha value is -1.13. The Bertz CT molecular complexity index is 396. The Kier molecular flexibility index (Phi) is 4.26. The van der Waals surface area contributed by atoms with Gasteiger partial charge in [0.05, 0.1) is 6.04 Å². The smallest absolute Gasteiger partial charge is 0.239 e. The number of halogens is 2. The van der Waals surface area contributed by atoms with Gasteiger partial charge in [-0.15, -0.1) is 0 Å². The molecule has 1 rings (SSSR count). The predicted octanol–water partition coefficient (Wildman–Crippen LogP) is 1.78. The molecule has 16 heavy (non-hydrogen) atoms. The van der Waals surface area contributed by atoms with Crippen molar-refractivity contribution in [3.8, 4) is 0 Å². The summed E-state index contributed by atoms with van der Waals surface area (Å²) in [7, 11) is 1.63. The highest BCUT2D eigenvalue weighted by Gasteiger charge is 2.14. The quantitative estimate of drug-likeness (QED) is 0.881. The first-order chi connectivity index (χ1) is 7.41. The van der Waals surface area contributed by atoms with Crippen molar-refractivity contribution in [3.05, 3.63) is 34.6 Å². The SMILES string of the molecule is C[C@@H](N)C(=O)N(C)Cc1ccc(F)cc1Cl. The molecule has 88 valence electrons. The average molecular weight is 245 g/mol. The van der Waals surface area contributed by atoms with Crippen LogP contribution in [0, 0.1) is 5.82 Å². The van der Waals surface area contributed by atoms with E-state index in [1.165, 1.54) is 17.0 Å². The molecule has 2 N–H and O–H groups in total. The van der Waals surface area contributed by atoms with E-state index in [1.807, 2.05) is 0 Å². The van der Waals surface area contributed by atoms with E-state index in [2.05, 4.69) is 0 Å². The van der Waals surface area contributed by atoms with Gasteiger partial charge in [-0.3, -0.25) is 4.79 Å². The number of nitrogens with zero attached hydrogens (tertiary/aromatic N) is 1. The Morgan fingerprint density at radius 3 is 2.75 bits per heavy atom. The molecule has 1 atom stereocenters. The van der Waals surface area contributed by atoms with Crippen molar-refractivity contribution in [3.63, 3.8) is 0 Å². The second kappa shape index (κ2) is 5.27. The fourth-order valence-corrected chi connectivity index (χ4v) is 1.56. The lowest BCUT2D eigenvalue weighted by Gasteiger charge is -2.19. The average Bonchev–Trinajstić information content (AvgIpc) is 2.20. The van der Waals surface area contributed by atoms with Crippen LogP contribution in [0.15, 0.2) is 18.2 Å². The first kappa shape index (κ1) is 12.9. The van der Waals surface area contributed by atoms with Crippen molar-refractivity contribution in [1.29, 1.82) is 0 Å². The molecule has 1 amide bonds. The summed E-state index contributed by atoms with van der Waals surface area (Å²) in [6.45, 7) is 1.94. The van der Waals surface area contributed by atoms with Crippen LogP contribution in [0.25, 0.3) is 0 Å². The van der Waals surface area contributed by atoms with Gasteiger partial charge < -0.3 is 10.6 Å². The molecule has 0 aliphatic rings. The van der Waals surface area contributed by atoms with Crippen LogP contribution in [0.5, 0.6) is 0 Å². The van der Waals surface area contributed by atoms with Gasteiger partial charge in [0.25, 0.3) is 0 Å². The highest BCUT2D eigenvalue weighted by molar-refractivity contribution is 6.31. The third kappa shape index (κ3) is 3.18. The Morgan fingerprint density at radius 2 is 2.25 bits per heavy atom. The van der Waals surface area contributed by atoms with Crippen LogP contribution < -0.4 is 5.73 Å². The molecule has 5 heteroatoms. The topological polar surface area (TPSA) is 46.3 Å². The van der Waals surface area contributed by atoms with Gasteiger partial charge in [-0.2, -0.15) is 0 Å². The van der Waals surface area contributed by atoms with Gasteiger partial charge in [-0.1, -0.05) is 17.7 Å². The van der Waals surface area contributed by atoms with E-state index in [0.717, 1.165) is 0 Å². The zero-order chi connectivity index (χ0) is 12.3. The number of benzene rings is 1. The second-order valence-electron chi connectivity index (χ2n) is 3.72. The molecule has 0 aromatic heterocycles. The molecule has 0 fully saturated rings. The molecule has 0 radical (unpaired) electrons. The molecule has 3 nitrogen and oxygen atoms in total. The normalized spacial score (nSPS) is 12.3. The van der Waals surface area contributed by atoms with Gasteiger partial charge in [0.2, 0.25) is 5.91 Å². The molecular weight excluding hydrogens is 231 g/mol. The Balaban J connectivity index is 2.77. The zero-order valence-electron chi connectivity index (χ0n) is 9.21. The molecule has 0 aliphatic heterocycles. The largest absolute Gasteiger partial charge is 0.340 e. The van der Waals surface area contributed by atoms with Gasteiger partial charge in [-0.05, 0) is 24.6 Å². The number of nitrogens with two attached hydrogens (primary N) is 1. The van der Waals surface area contributed by atoms with Gasteiger partial charge in [0.1, 0.15) is 5.82 Å². The second-order valence-corrected chi connectivity index (χ2v) is 4.13.